The third-order valence-electron chi connectivity index (χ3n) is 12.5. The third kappa shape index (κ3) is 4.81. The molecule has 0 saturated carbocycles. The van der Waals surface area contributed by atoms with Gasteiger partial charge in [0.2, 0.25) is 0 Å². The van der Waals surface area contributed by atoms with E-state index in [-0.39, 0.29) is 21.5 Å². The Bertz CT molecular complexity index is 3620. The molecule has 8 heteroatoms. The average molecular weight is 810 g/mol. The van der Waals surface area contributed by atoms with Crippen molar-refractivity contribution in [1.82, 2.24) is 4.57 Å². The predicted molar refractivity (Wildman–Crippen MR) is 232 cm³/mol. The first kappa shape index (κ1) is 35.6. The van der Waals surface area contributed by atoms with Gasteiger partial charge in [-0.3, -0.25) is 0 Å². The summed E-state index contributed by atoms with van der Waals surface area (Å²) in [6.45, 7) is 0. The first-order valence-corrected chi connectivity index (χ1v) is 19.8. The average Bonchev–Trinajstić information content (AvgIpc) is 3.86. The van der Waals surface area contributed by atoms with Gasteiger partial charge in [-0.05, 0) is 116 Å². The monoisotopic (exact) mass is 809 g/mol. The largest absolute Gasteiger partial charge is 0.456 e. The van der Waals surface area contributed by atoms with Gasteiger partial charge in [-0.15, -0.1) is 0 Å². The van der Waals surface area contributed by atoms with Crippen molar-refractivity contribution < 1.29 is 30.8 Å². The molecule has 0 unspecified atom stereocenters. The van der Waals surface area contributed by atoms with E-state index in [1.165, 1.54) is 24.3 Å². The minimum atomic E-state index is -5.64. The predicted octanol–water partition coefficient (Wildman–Crippen LogP) is 15.8. The van der Waals surface area contributed by atoms with E-state index in [0.29, 0.717) is 27.9 Å². The molecule has 0 radical (unpaired) electrons. The summed E-state index contributed by atoms with van der Waals surface area (Å²) < 4.78 is 102. The second-order valence-electron chi connectivity index (χ2n) is 15.8. The van der Waals surface area contributed by atoms with Gasteiger partial charge >= 0.3 is 17.8 Å². The molecule has 2 aromatic heterocycles. The number of benzene rings is 9. The number of aromatic nitrogens is 1. The third-order valence-corrected chi connectivity index (χ3v) is 12.5. The Balaban J connectivity index is 1.07. The smallest absolute Gasteiger partial charge is 0.380 e. The molecule has 294 valence electrons. The number of para-hydroxylation sites is 2. The number of hydrogen-bond donors (Lipinski definition) is 0. The summed E-state index contributed by atoms with van der Waals surface area (Å²) >= 11 is 0. The van der Waals surface area contributed by atoms with Crippen LogP contribution >= 0.6 is 0 Å². The van der Waals surface area contributed by atoms with Crippen LogP contribution in [-0.2, 0) is 11.8 Å². The van der Waals surface area contributed by atoms with Gasteiger partial charge in [0.25, 0.3) is 0 Å². The quantitative estimate of drug-likeness (QED) is 0.128. The molecule has 9 aromatic carbocycles. The minimum absolute atomic E-state index is 0.158. The summed E-state index contributed by atoms with van der Waals surface area (Å²) in [5.41, 5.74) is 6.36. The maximum Gasteiger partial charge on any atom is 0.380 e. The van der Waals surface area contributed by atoms with Crippen LogP contribution in [0, 0.1) is 0 Å². The summed E-state index contributed by atoms with van der Waals surface area (Å²) in [5.74, 6) is -15.9. The number of furan rings is 1. The van der Waals surface area contributed by atoms with E-state index in [4.69, 9.17) is 4.42 Å². The first-order valence-electron chi connectivity index (χ1n) is 19.8. The van der Waals surface area contributed by atoms with Gasteiger partial charge < -0.3 is 8.98 Å². The molecule has 0 aliphatic heterocycles. The molecular weight excluding hydrogens is 781 g/mol. The van der Waals surface area contributed by atoms with Crippen LogP contribution in [0.4, 0.5) is 26.3 Å². The molecule has 12 rings (SSSR count). The van der Waals surface area contributed by atoms with Crippen LogP contribution in [0.15, 0.2) is 180 Å². The van der Waals surface area contributed by atoms with Gasteiger partial charge in [-0.1, -0.05) is 115 Å². The van der Waals surface area contributed by atoms with Crippen LogP contribution in [0.2, 0.25) is 0 Å². The lowest BCUT2D eigenvalue weighted by Crippen LogP contribution is -2.43. The fraction of sp³-hybridized carbons (Fsp3) is 0.0566. The SMILES string of the molecule is FC1(F)c2c(c3ccc(-c4cccc5oc6ccc(-c7ccc8c(c7)c7ccccc7n8-c7ccccc7)cc6c45)cc3c3cc(-c4ccccc4)ccc23)C(F)(F)C1(F)F. The maximum absolute atomic E-state index is 15.8. The Kier molecular flexibility index (Phi) is 7.22. The van der Waals surface area contributed by atoms with Crippen molar-refractivity contribution in [3.63, 3.8) is 0 Å². The molecule has 0 fully saturated rings. The molecule has 1 aliphatic carbocycles. The van der Waals surface area contributed by atoms with Crippen LogP contribution in [0.3, 0.4) is 0 Å². The molecule has 0 bridgehead atoms. The maximum atomic E-state index is 15.8. The second-order valence-corrected chi connectivity index (χ2v) is 15.8. The van der Waals surface area contributed by atoms with Crippen molar-refractivity contribution in [2.24, 2.45) is 0 Å². The highest BCUT2D eigenvalue weighted by molar-refractivity contribution is 6.17. The molecule has 11 aromatic rings. The summed E-state index contributed by atoms with van der Waals surface area (Å²) in [6, 6.07) is 54.5. The number of halogens is 6. The summed E-state index contributed by atoms with van der Waals surface area (Å²) in [7, 11) is 0. The lowest BCUT2D eigenvalue weighted by atomic mass is 9.88. The summed E-state index contributed by atoms with van der Waals surface area (Å²) in [4.78, 5) is 0. The number of nitrogens with zero attached hydrogens (tertiary/aromatic N) is 1. The highest BCUT2D eigenvalue weighted by Gasteiger charge is 2.80. The zero-order chi connectivity index (χ0) is 41.4. The van der Waals surface area contributed by atoms with Crippen molar-refractivity contribution in [3.8, 4) is 39.1 Å². The van der Waals surface area contributed by atoms with Crippen LogP contribution in [0.5, 0.6) is 0 Å². The number of fused-ring (bicyclic) bond motifs is 12. The Labute approximate surface area is 343 Å². The Morgan fingerprint density at radius 3 is 1.62 bits per heavy atom. The van der Waals surface area contributed by atoms with E-state index in [1.54, 1.807) is 12.1 Å². The lowest BCUT2D eigenvalue weighted by molar-refractivity contribution is -0.301. The van der Waals surface area contributed by atoms with Gasteiger partial charge in [0.15, 0.2) is 0 Å². The normalized spacial score (nSPS) is 15.4. The molecule has 61 heavy (non-hydrogen) atoms. The van der Waals surface area contributed by atoms with Gasteiger partial charge in [0, 0.05) is 38.4 Å². The number of rotatable bonds is 4. The molecule has 0 saturated heterocycles. The van der Waals surface area contributed by atoms with Crippen molar-refractivity contribution in [3.05, 3.63) is 187 Å². The van der Waals surface area contributed by atoms with Crippen LogP contribution < -0.4 is 0 Å². The fourth-order valence-corrected chi connectivity index (χ4v) is 9.64. The Hall–Kier alpha value is -7.32. The fourth-order valence-electron chi connectivity index (χ4n) is 9.64. The Morgan fingerprint density at radius 2 is 0.902 bits per heavy atom. The van der Waals surface area contributed by atoms with Gasteiger partial charge in [0.1, 0.15) is 11.2 Å². The zero-order valence-electron chi connectivity index (χ0n) is 31.9. The molecule has 0 atom stereocenters. The number of hydrogen-bond acceptors (Lipinski definition) is 1. The molecule has 0 amide bonds. The topological polar surface area (TPSA) is 18.1 Å². The molecule has 2 heterocycles. The minimum Gasteiger partial charge on any atom is -0.456 e. The van der Waals surface area contributed by atoms with E-state index in [1.807, 2.05) is 91.0 Å². The van der Waals surface area contributed by atoms with E-state index in [2.05, 4.69) is 53.1 Å². The highest BCUT2D eigenvalue weighted by Crippen LogP contribution is 2.66. The zero-order valence-corrected chi connectivity index (χ0v) is 31.9. The van der Waals surface area contributed by atoms with Crippen molar-refractivity contribution in [1.29, 1.82) is 0 Å². The summed E-state index contributed by atoms with van der Waals surface area (Å²) in [5, 5.41) is 3.42. The Morgan fingerprint density at radius 1 is 0.361 bits per heavy atom. The first-order chi connectivity index (χ1) is 29.5. The molecule has 2 nitrogen and oxygen atoms in total. The standard InChI is InChI=1S/C53H29F6NO/c54-51(55)49-38-22-18-31(30-10-3-1-4-11-30)26-40(38)41-29-34(19-23-39(41)50(49)52(56,57)53(51,58)59)36-15-9-17-47-48(36)43-28-33(21-25-46(43)61-47)32-20-24-45-42(27-32)37-14-7-8-16-44(37)60(45)35-12-5-2-6-13-35/h1-29H. The van der Waals surface area contributed by atoms with E-state index >= 15 is 26.3 Å². The van der Waals surface area contributed by atoms with Gasteiger partial charge in [-0.25, -0.2) is 0 Å². The van der Waals surface area contributed by atoms with Crippen LogP contribution in [0.1, 0.15) is 11.1 Å². The molecule has 0 N–H and O–H groups in total. The van der Waals surface area contributed by atoms with E-state index < -0.39 is 28.9 Å². The number of alkyl halides is 6. The van der Waals surface area contributed by atoms with Gasteiger partial charge in [0.05, 0.1) is 11.0 Å². The van der Waals surface area contributed by atoms with Crippen LogP contribution in [-0.4, -0.2) is 10.5 Å². The van der Waals surface area contributed by atoms with Crippen molar-refractivity contribution >= 4 is 65.3 Å². The molecule has 0 spiro atoms. The van der Waals surface area contributed by atoms with Gasteiger partial charge in [-0.2, -0.15) is 26.3 Å². The summed E-state index contributed by atoms with van der Waals surface area (Å²) in [6.07, 6.45) is 0. The van der Waals surface area contributed by atoms with E-state index in [9.17, 15) is 0 Å². The molecule has 1 aliphatic rings. The van der Waals surface area contributed by atoms with Crippen molar-refractivity contribution in [2.45, 2.75) is 17.8 Å². The highest BCUT2D eigenvalue weighted by atomic mass is 19.3. The lowest BCUT2D eigenvalue weighted by Gasteiger charge is -2.23. The van der Waals surface area contributed by atoms with Crippen LogP contribution in [0.25, 0.3) is 104 Å². The van der Waals surface area contributed by atoms with Crippen molar-refractivity contribution in [2.75, 3.05) is 0 Å². The molecular formula is C53H29F6NO. The van der Waals surface area contributed by atoms with E-state index in [0.717, 1.165) is 55.0 Å². The second kappa shape index (κ2) is 12.4.